The van der Waals surface area contributed by atoms with E-state index >= 15 is 0 Å². The van der Waals surface area contributed by atoms with Crippen LogP contribution in [0.3, 0.4) is 0 Å². The minimum Gasteiger partial charge on any atom is -0.394 e. The van der Waals surface area contributed by atoms with Gasteiger partial charge in [0, 0.05) is 19.5 Å². The largest absolute Gasteiger partial charge is 0.394 e. The zero-order chi connectivity index (χ0) is 15.4. The molecule has 2 aromatic heterocycles. The molecule has 0 saturated heterocycles. The second-order valence-corrected chi connectivity index (χ2v) is 5.78. The number of anilines is 2. The number of fused-ring (bicyclic) bond motifs is 1. The summed E-state index contributed by atoms with van der Waals surface area (Å²) < 4.78 is 6.15. The molecule has 0 aliphatic carbocycles. The third-order valence-electron chi connectivity index (χ3n) is 4.12. The summed E-state index contributed by atoms with van der Waals surface area (Å²) in [5.41, 5.74) is 8.18. The van der Waals surface area contributed by atoms with Crippen molar-refractivity contribution in [2.45, 2.75) is 45.3 Å². The number of rotatable bonds is 7. The normalized spacial score (nSPS) is 14.0. The molecule has 0 radical (unpaired) electrons. The van der Waals surface area contributed by atoms with Crippen LogP contribution in [0.1, 0.15) is 25.0 Å². The maximum absolute atomic E-state index is 8.90. The van der Waals surface area contributed by atoms with Crippen molar-refractivity contribution in [3.05, 3.63) is 24.4 Å². The van der Waals surface area contributed by atoms with E-state index in [1.165, 1.54) is 18.5 Å². The van der Waals surface area contributed by atoms with Gasteiger partial charge in [-0.25, -0.2) is 9.13 Å². The lowest BCUT2D eigenvalue weighted by Crippen LogP contribution is -2.32. The molecule has 0 atom stereocenters. The van der Waals surface area contributed by atoms with Gasteiger partial charge in [-0.1, -0.05) is 0 Å². The Morgan fingerprint density at radius 3 is 3.14 bits per heavy atom. The van der Waals surface area contributed by atoms with E-state index in [4.69, 9.17) is 10.8 Å². The molecule has 4 N–H and O–H groups in total. The molecule has 1 aliphatic rings. The number of nitrogens with two attached hydrogens (primary N) is 1. The Kier molecular flexibility index (Phi) is 4.62. The molecule has 7 heteroatoms. The van der Waals surface area contributed by atoms with Crippen molar-refractivity contribution in [1.29, 1.82) is 0 Å². The summed E-state index contributed by atoms with van der Waals surface area (Å²) in [5.74, 6) is 0.833. The molecule has 22 heavy (non-hydrogen) atoms. The fraction of sp³-hybridized carbons (Fsp3) is 0.600. The molecule has 120 valence electrons. The molecule has 0 fully saturated rings. The number of aliphatic hydroxyl groups is 1. The highest BCUT2D eigenvalue weighted by Gasteiger charge is 2.17. The molecule has 3 heterocycles. The smallest absolute Gasteiger partial charge is 0.243 e. The van der Waals surface area contributed by atoms with Gasteiger partial charge in [0.1, 0.15) is 18.9 Å². The number of aromatic nitrogens is 4. The third-order valence-corrected chi connectivity index (χ3v) is 4.12. The fourth-order valence-corrected chi connectivity index (χ4v) is 2.93. The van der Waals surface area contributed by atoms with Gasteiger partial charge >= 0.3 is 0 Å². The summed E-state index contributed by atoms with van der Waals surface area (Å²) in [5, 5.41) is 16.8. The first kappa shape index (κ1) is 14.9. The highest BCUT2D eigenvalue weighted by atomic mass is 16.3. The van der Waals surface area contributed by atoms with E-state index in [1.54, 1.807) is 0 Å². The molecule has 3 rings (SSSR count). The highest BCUT2D eigenvalue weighted by Crippen LogP contribution is 2.26. The third kappa shape index (κ3) is 3.24. The molecule has 0 aromatic carbocycles. The lowest BCUT2D eigenvalue weighted by atomic mass is 10.1. The second-order valence-electron chi connectivity index (χ2n) is 5.78. The SMILES string of the molecule is Nc1c(NCCCn2cc[n+](CCO)c2)nn2c1CCCC2. The van der Waals surface area contributed by atoms with Gasteiger partial charge in [-0.3, -0.25) is 4.68 Å². The van der Waals surface area contributed by atoms with Gasteiger partial charge < -0.3 is 16.2 Å². The first-order valence-electron chi connectivity index (χ1n) is 8.02. The van der Waals surface area contributed by atoms with Crippen molar-refractivity contribution in [1.82, 2.24) is 14.3 Å². The van der Waals surface area contributed by atoms with Gasteiger partial charge in [0.05, 0.1) is 24.5 Å². The number of imidazole rings is 1. The van der Waals surface area contributed by atoms with Gasteiger partial charge in [0.15, 0.2) is 5.82 Å². The van der Waals surface area contributed by atoms with Crippen LogP contribution in [0.2, 0.25) is 0 Å². The summed E-state index contributed by atoms with van der Waals surface area (Å²) in [7, 11) is 0. The van der Waals surface area contributed by atoms with E-state index < -0.39 is 0 Å². The van der Waals surface area contributed by atoms with Crippen LogP contribution < -0.4 is 15.6 Å². The van der Waals surface area contributed by atoms with Gasteiger partial charge in [-0.2, -0.15) is 5.10 Å². The molecule has 7 nitrogen and oxygen atoms in total. The van der Waals surface area contributed by atoms with E-state index in [-0.39, 0.29) is 6.61 Å². The van der Waals surface area contributed by atoms with E-state index in [0.29, 0.717) is 6.54 Å². The predicted molar refractivity (Wildman–Crippen MR) is 84.4 cm³/mol. The monoisotopic (exact) mass is 305 g/mol. The summed E-state index contributed by atoms with van der Waals surface area (Å²) in [6.45, 7) is 3.57. The topological polar surface area (TPSA) is 84.9 Å². The van der Waals surface area contributed by atoms with Crippen molar-refractivity contribution >= 4 is 11.5 Å². The Labute approximate surface area is 130 Å². The van der Waals surface area contributed by atoms with Gasteiger partial charge in [-0.05, 0) is 19.3 Å². The van der Waals surface area contributed by atoms with Crippen LogP contribution in [0.15, 0.2) is 18.7 Å². The lowest BCUT2D eigenvalue weighted by molar-refractivity contribution is -0.697. The summed E-state index contributed by atoms with van der Waals surface area (Å²) in [6, 6.07) is 0. The zero-order valence-corrected chi connectivity index (χ0v) is 12.9. The number of nitrogen functional groups attached to an aromatic ring is 1. The molecule has 0 spiro atoms. The Hall–Kier alpha value is -2.02. The van der Waals surface area contributed by atoms with Crippen LogP contribution >= 0.6 is 0 Å². The number of aryl methyl sites for hydroxylation is 2. The summed E-state index contributed by atoms with van der Waals surface area (Å²) in [6.07, 6.45) is 10.4. The van der Waals surface area contributed by atoms with Crippen molar-refractivity contribution < 1.29 is 9.67 Å². The quantitative estimate of drug-likeness (QED) is 0.510. The van der Waals surface area contributed by atoms with Crippen molar-refractivity contribution in [2.24, 2.45) is 0 Å². The van der Waals surface area contributed by atoms with Crippen LogP contribution in [0.25, 0.3) is 0 Å². The van der Waals surface area contributed by atoms with Crippen LogP contribution in [0.5, 0.6) is 0 Å². The van der Waals surface area contributed by atoms with Crippen LogP contribution in [-0.2, 0) is 26.1 Å². The van der Waals surface area contributed by atoms with Gasteiger partial charge in [0.25, 0.3) is 0 Å². The number of hydrogen-bond donors (Lipinski definition) is 3. The molecule has 0 saturated carbocycles. The van der Waals surface area contributed by atoms with Crippen LogP contribution in [-0.4, -0.2) is 32.6 Å². The van der Waals surface area contributed by atoms with E-state index in [1.807, 2.05) is 28.0 Å². The molecular formula is C15H25N6O+. The van der Waals surface area contributed by atoms with Crippen molar-refractivity contribution in [2.75, 3.05) is 24.2 Å². The first-order chi connectivity index (χ1) is 10.8. The fourth-order valence-electron chi connectivity index (χ4n) is 2.93. The summed E-state index contributed by atoms with van der Waals surface area (Å²) in [4.78, 5) is 0. The van der Waals surface area contributed by atoms with Crippen molar-refractivity contribution in [3.63, 3.8) is 0 Å². The van der Waals surface area contributed by atoms with Crippen molar-refractivity contribution in [3.8, 4) is 0 Å². The van der Waals surface area contributed by atoms with Crippen LogP contribution in [0, 0.1) is 0 Å². The molecule has 0 bridgehead atoms. The lowest BCUT2D eigenvalue weighted by Gasteiger charge is -2.12. The predicted octanol–water partition coefficient (Wildman–Crippen LogP) is 0.385. The second kappa shape index (κ2) is 6.83. The Balaban J connectivity index is 1.47. The molecule has 2 aromatic rings. The molecule has 0 amide bonds. The Morgan fingerprint density at radius 2 is 2.32 bits per heavy atom. The Morgan fingerprint density at radius 1 is 1.41 bits per heavy atom. The minimum atomic E-state index is 0.167. The maximum atomic E-state index is 8.90. The number of hydrogen-bond acceptors (Lipinski definition) is 4. The average molecular weight is 305 g/mol. The zero-order valence-electron chi connectivity index (χ0n) is 12.9. The standard InChI is InChI=1S/C15H25N6O/c16-14-13-4-1-2-7-21(13)18-15(14)17-5-3-6-19-8-9-20(12-19)10-11-22/h8-9,12,22H,1-7,10-11,16H2,(H,17,18)/q+1. The number of aliphatic hydroxyl groups excluding tert-OH is 1. The van der Waals surface area contributed by atoms with Gasteiger partial charge in [0.2, 0.25) is 6.33 Å². The number of nitrogens with one attached hydrogen (secondary N) is 1. The first-order valence-corrected chi connectivity index (χ1v) is 8.02. The highest BCUT2D eigenvalue weighted by molar-refractivity contribution is 5.64. The van der Waals surface area contributed by atoms with Gasteiger partial charge in [-0.15, -0.1) is 0 Å². The number of nitrogens with zero attached hydrogens (tertiary/aromatic N) is 4. The van der Waals surface area contributed by atoms with E-state index in [9.17, 15) is 0 Å². The molecule has 0 unspecified atom stereocenters. The summed E-state index contributed by atoms with van der Waals surface area (Å²) >= 11 is 0. The Bertz CT molecular complexity index is 618. The average Bonchev–Trinajstić information content (AvgIpc) is 3.10. The molecular weight excluding hydrogens is 280 g/mol. The maximum Gasteiger partial charge on any atom is 0.243 e. The minimum absolute atomic E-state index is 0.167. The van der Waals surface area contributed by atoms with E-state index in [0.717, 1.165) is 44.0 Å². The van der Waals surface area contributed by atoms with E-state index in [2.05, 4.69) is 15.0 Å². The van der Waals surface area contributed by atoms with Crippen LogP contribution in [0.4, 0.5) is 11.5 Å². The molecule has 1 aliphatic heterocycles.